The van der Waals surface area contributed by atoms with E-state index in [0.717, 1.165) is 13.0 Å². The summed E-state index contributed by atoms with van der Waals surface area (Å²) in [4.78, 5) is 0.255. The van der Waals surface area contributed by atoms with Gasteiger partial charge in [0.2, 0.25) is 0 Å². The van der Waals surface area contributed by atoms with Crippen molar-refractivity contribution in [2.75, 3.05) is 13.7 Å². The molecule has 1 atom stereocenters. The first-order chi connectivity index (χ1) is 9.22. The van der Waals surface area contributed by atoms with Crippen LogP contribution >= 0.6 is 15.9 Å². The van der Waals surface area contributed by atoms with E-state index >= 15 is 0 Å². The molecule has 0 fully saturated rings. The van der Waals surface area contributed by atoms with E-state index in [0.29, 0.717) is 0 Å². The lowest BCUT2D eigenvalue weighted by atomic mass is 9.99. The molecule has 0 heterocycles. The zero-order valence-electron chi connectivity index (χ0n) is 11.4. The van der Waals surface area contributed by atoms with Crippen molar-refractivity contribution in [3.05, 3.63) is 70.8 Å². The van der Waals surface area contributed by atoms with Crippen LogP contribution in [0.5, 0.6) is 0 Å². The van der Waals surface area contributed by atoms with E-state index in [2.05, 4.69) is 71.4 Å². The molecular formula is C17H19BrO. The number of alkyl halides is 1. The van der Waals surface area contributed by atoms with Gasteiger partial charge in [0.05, 0.1) is 11.4 Å². The molecular weight excluding hydrogens is 300 g/mol. The third-order valence-corrected chi connectivity index (χ3v) is 4.35. The van der Waals surface area contributed by atoms with E-state index in [1.165, 1.54) is 22.3 Å². The van der Waals surface area contributed by atoms with Crippen LogP contribution in [0.15, 0.2) is 48.5 Å². The van der Waals surface area contributed by atoms with Crippen molar-refractivity contribution < 1.29 is 4.74 Å². The Morgan fingerprint density at radius 1 is 1.05 bits per heavy atom. The second-order valence-corrected chi connectivity index (χ2v) is 5.62. The number of aryl methyl sites for hydroxylation is 1. The molecule has 0 aliphatic rings. The molecule has 0 saturated carbocycles. The van der Waals surface area contributed by atoms with Gasteiger partial charge in [-0.05, 0) is 35.6 Å². The van der Waals surface area contributed by atoms with E-state index < -0.39 is 0 Å². The smallest absolute Gasteiger partial charge is 0.0647 e. The zero-order chi connectivity index (χ0) is 13.7. The van der Waals surface area contributed by atoms with E-state index in [1.807, 2.05) is 0 Å². The molecule has 2 rings (SSSR count). The van der Waals surface area contributed by atoms with E-state index in [1.54, 1.807) is 7.11 Å². The van der Waals surface area contributed by atoms with E-state index in [9.17, 15) is 0 Å². The van der Waals surface area contributed by atoms with Crippen molar-refractivity contribution in [3.63, 3.8) is 0 Å². The first-order valence-electron chi connectivity index (χ1n) is 6.49. The van der Waals surface area contributed by atoms with Gasteiger partial charge in [-0.1, -0.05) is 64.5 Å². The summed E-state index contributed by atoms with van der Waals surface area (Å²) in [6.45, 7) is 2.92. The van der Waals surface area contributed by atoms with Crippen LogP contribution in [0.4, 0.5) is 0 Å². The lowest BCUT2D eigenvalue weighted by molar-refractivity contribution is 0.202. The second-order valence-electron chi connectivity index (χ2n) is 4.70. The first kappa shape index (κ1) is 14.3. The molecule has 2 aromatic carbocycles. The number of hydrogen-bond donors (Lipinski definition) is 0. The van der Waals surface area contributed by atoms with Crippen LogP contribution in [0.3, 0.4) is 0 Å². The molecule has 0 N–H and O–H groups in total. The summed E-state index contributed by atoms with van der Waals surface area (Å²) in [5.41, 5.74) is 5.24. The fourth-order valence-electron chi connectivity index (χ4n) is 2.12. The van der Waals surface area contributed by atoms with Crippen molar-refractivity contribution in [2.24, 2.45) is 0 Å². The molecule has 100 valence electrons. The average Bonchev–Trinajstić information content (AvgIpc) is 2.45. The van der Waals surface area contributed by atoms with Gasteiger partial charge in [0.1, 0.15) is 0 Å². The fraction of sp³-hybridized carbons (Fsp3) is 0.294. The summed E-state index contributed by atoms with van der Waals surface area (Å²) in [6, 6.07) is 17.2. The molecule has 1 nitrogen and oxygen atoms in total. The van der Waals surface area contributed by atoms with Crippen molar-refractivity contribution in [2.45, 2.75) is 18.2 Å². The van der Waals surface area contributed by atoms with Gasteiger partial charge in [-0.3, -0.25) is 0 Å². The third kappa shape index (κ3) is 3.68. The predicted octanol–water partition coefficient (Wildman–Crippen LogP) is 4.67. The number of methoxy groups -OCH3 is 1. The number of ether oxygens (including phenoxy) is 1. The molecule has 0 amide bonds. The molecule has 2 aromatic rings. The molecule has 0 bridgehead atoms. The molecule has 0 aliphatic heterocycles. The van der Waals surface area contributed by atoms with E-state index in [-0.39, 0.29) is 4.83 Å². The summed E-state index contributed by atoms with van der Waals surface area (Å²) in [7, 11) is 1.74. The van der Waals surface area contributed by atoms with Gasteiger partial charge >= 0.3 is 0 Å². The van der Waals surface area contributed by atoms with Gasteiger partial charge < -0.3 is 4.74 Å². The number of hydrogen-bond acceptors (Lipinski definition) is 1. The van der Waals surface area contributed by atoms with Crippen LogP contribution < -0.4 is 0 Å². The van der Waals surface area contributed by atoms with Gasteiger partial charge in [-0.25, -0.2) is 0 Å². The normalized spacial score (nSPS) is 12.4. The molecule has 2 heteroatoms. The van der Waals surface area contributed by atoms with Crippen LogP contribution in [0.25, 0.3) is 0 Å². The molecule has 0 spiro atoms. The van der Waals surface area contributed by atoms with Crippen LogP contribution in [0.1, 0.15) is 27.1 Å². The van der Waals surface area contributed by atoms with Gasteiger partial charge in [-0.15, -0.1) is 0 Å². The Labute approximate surface area is 123 Å². The number of benzene rings is 2. The maximum absolute atomic E-state index is 5.10. The molecule has 0 radical (unpaired) electrons. The molecule has 1 unspecified atom stereocenters. The average molecular weight is 319 g/mol. The fourth-order valence-corrected chi connectivity index (χ4v) is 2.94. The van der Waals surface area contributed by atoms with Crippen LogP contribution in [-0.4, -0.2) is 13.7 Å². The highest BCUT2D eigenvalue weighted by Gasteiger charge is 2.11. The highest BCUT2D eigenvalue weighted by atomic mass is 79.9. The maximum atomic E-state index is 5.10. The van der Waals surface area contributed by atoms with Crippen molar-refractivity contribution in [3.8, 4) is 0 Å². The predicted molar refractivity (Wildman–Crippen MR) is 84.0 cm³/mol. The van der Waals surface area contributed by atoms with E-state index in [4.69, 9.17) is 4.74 Å². The third-order valence-electron chi connectivity index (χ3n) is 3.33. The lowest BCUT2D eigenvalue weighted by Crippen LogP contribution is -1.97. The van der Waals surface area contributed by atoms with Crippen LogP contribution in [-0.2, 0) is 11.2 Å². The Balaban J connectivity index is 2.16. The highest BCUT2D eigenvalue weighted by molar-refractivity contribution is 9.09. The van der Waals surface area contributed by atoms with Crippen molar-refractivity contribution >= 4 is 15.9 Å². The quantitative estimate of drug-likeness (QED) is 0.728. The molecule has 0 aromatic heterocycles. The summed E-state index contributed by atoms with van der Waals surface area (Å²) in [6.07, 6.45) is 0.966. The standard InChI is InChI=1S/C17H19BrO/c1-13-5-3-4-6-16(13)17(18)15-9-7-14(8-10-15)11-12-19-2/h3-10,17H,11-12H2,1-2H3. The minimum atomic E-state index is 0.255. The summed E-state index contributed by atoms with van der Waals surface area (Å²) in [5.74, 6) is 0. The number of halogens is 1. The van der Waals surface area contributed by atoms with Crippen molar-refractivity contribution in [1.29, 1.82) is 0 Å². The topological polar surface area (TPSA) is 9.23 Å². The zero-order valence-corrected chi connectivity index (χ0v) is 13.0. The Kier molecular flexibility index (Phi) is 5.17. The lowest BCUT2D eigenvalue weighted by Gasteiger charge is -2.14. The summed E-state index contributed by atoms with van der Waals surface area (Å²) >= 11 is 3.80. The van der Waals surface area contributed by atoms with Crippen LogP contribution in [0, 0.1) is 6.92 Å². The Morgan fingerprint density at radius 2 is 1.74 bits per heavy atom. The monoisotopic (exact) mass is 318 g/mol. The first-order valence-corrected chi connectivity index (χ1v) is 7.41. The molecule has 0 saturated heterocycles. The Morgan fingerprint density at radius 3 is 2.37 bits per heavy atom. The Bertz CT molecular complexity index is 519. The summed E-state index contributed by atoms with van der Waals surface area (Å²) < 4.78 is 5.10. The van der Waals surface area contributed by atoms with Crippen LogP contribution in [0.2, 0.25) is 0 Å². The number of rotatable bonds is 5. The van der Waals surface area contributed by atoms with Gasteiger partial charge in [-0.2, -0.15) is 0 Å². The minimum absolute atomic E-state index is 0.255. The van der Waals surface area contributed by atoms with Gasteiger partial charge in [0, 0.05) is 7.11 Å². The Hall–Kier alpha value is -1.12. The van der Waals surface area contributed by atoms with Gasteiger partial charge in [0.25, 0.3) is 0 Å². The molecule has 0 aliphatic carbocycles. The van der Waals surface area contributed by atoms with Gasteiger partial charge in [0.15, 0.2) is 0 Å². The SMILES string of the molecule is COCCc1ccc(C(Br)c2ccccc2C)cc1. The maximum Gasteiger partial charge on any atom is 0.0647 e. The largest absolute Gasteiger partial charge is 0.384 e. The van der Waals surface area contributed by atoms with Crippen molar-refractivity contribution in [1.82, 2.24) is 0 Å². The minimum Gasteiger partial charge on any atom is -0.384 e. The molecule has 19 heavy (non-hydrogen) atoms. The summed E-state index contributed by atoms with van der Waals surface area (Å²) in [5, 5.41) is 0. The second kappa shape index (κ2) is 6.88. The highest BCUT2D eigenvalue weighted by Crippen LogP contribution is 2.32.